The monoisotopic (exact) mass is 388 g/mol. The van der Waals surface area contributed by atoms with Crippen LogP contribution in [0.25, 0.3) is 0 Å². The zero-order valence-corrected chi connectivity index (χ0v) is 16.8. The summed E-state index contributed by atoms with van der Waals surface area (Å²) in [4.78, 5) is 26.4. The molecular weight excluding hydrogens is 360 g/mol. The highest BCUT2D eigenvalue weighted by atomic mass is 32.1. The largest absolute Gasteiger partial charge is 0.358 e. The lowest BCUT2D eigenvalue weighted by Crippen LogP contribution is -2.52. The molecule has 1 saturated heterocycles. The first-order chi connectivity index (χ1) is 13.0. The van der Waals surface area contributed by atoms with Crippen LogP contribution >= 0.6 is 12.2 Å². The number of hydrogen-bond acceptors (Lipinski definition) is 3. The molecule has 7 heteroatoms. The summed E-state index contributed by atoms with van der Waals surface area (Å²) >= 11 is 5.35. The number of hydrazine groups is 1. The minimum Gasteiger partial charge on any atom is -0.358 e. The number of rotatable bonds is 3. The van der Waals surface area contributed by atoms with Crippen molar-refractivity contribution in [3.05, 3.63) is 29.8 Å². The van der Waals surface area contributed by atoms with E-state index in [0.717, 1.165) is 12.8 Å². The Balaban J connectivity index is 1.58. The topological polar surface area (TPSA) is 73.5 Å². The highest BCUT2D eigenvalue weighted by Gasteiger charge is 2.28. The molecule has 1 aromatic rings. The van der Waals surface area contributed by atoms with Crippen LogP contribution < -0.4 is 21.1 Å². The van der Waals surface area contributed by atoms with E-state index in [1.807, 2.05) is 6.07 Å². The molecule has 3 rings (SSSR count). The average Bonchev–Trinajstić information content (AvgIpc) is 3.09. The van der Waals surface area contributed by atoms with E-state index < -0.39 is 0 Å². The lowest BCUT2D eigenvalue weighted by molar-refractivity contribution is -0.117. The lowest BCUT2D eigenvalue weighted by Gasteiger charge is -2.35. The maximum Gasteiger partial charge on any atom is 0.271 e. The number of carbonyl (C=O) groups is 2. The molecule has 0 radical (unpaired) electrons. The molecule has 27 heavy (non-hydrogen) atoms. The maximum atomic E-state index is 12.6. The average molecular weight is 389 g/mol. The Hall–Kier alpha value is -2.15. The van der Waals surface area contributed by atoms with Gasteiger partial charge in [-0.05, 0) is 49.0 Å². The fourth-order valence-corrected chi connectivity index (χ4v) is 4.18. The first-order valence-electron chi connectivity index (χ1n) is 9.73. The molecule has 0 spiro atoms. The number of amides is 2. The van der Waals surface area contributed by atoms with Gasteiger partial charge in [0.05, 0.1) is 11.3 Å². The number of benzene rings is 1. The van der Waals surface area contributed by atoms with Gasteiger partial charge in [-0.2, -0.15) is 0 Å². The molecule has 1 aliphatic carbocycles. The van der Waals surface area contributed by atoms with Crippen LogP contribution in [0.2, 0.25) is 0 Å². The molecular formula is C20H28N4O2S. The van der Waals surface area contributed by atoms with Gasteiger partial charge in [-0.25, -0.2) is 0 Å². The molecule has 3 atom stereocenters. The fourth-order valence-electron chi connectivity index (χ4n) is 3.97. The predicted molar refractivity (Wildman–Crippen MR) is 110 cm³/mol. The number of hydrogen-bond donors (Lipinski definition) is 3. The number of anilines is 1. The molecule has 0 aromatic heterocycles. The third-order valence-electron chi connectivity index (χ3n) is 5.83. The molecule has 146 valence electrons. The Bertz CT molecular complexity index is 724. The van der Waals surface area contributed by atoms with Crippen molar-refractivity contribution in [2.45, 2.75) is 52.0 Å². The van der Waals surface area contributed by atoms with Gasteiger partial charge in [-0.15, -0.1) is 0 Å². The van der Waals surface area contributed by atoms with Crippen molar-refractivity contribution < 1.29 is 9.59 Å². The van der Waals surface area contributed by atoms with Crippen molar-refractivity contribution in [3.8, 4) is 0 Å². The van der Waals surface area contributed by atoms with Gasteiger partial charge in [-0.3, -0.25) is 20.4 Å². The third-order valence-corrected chi connectivity index (χ3v) is 6.05. The van der Waals surface area contributed by atoms with E-state index in [-0.39, 0.29) is 11.8 Å². The standard InChI is InChI=1S/C20H28N4O2S/c1-13-7-5-9-16(14(13)2)21-20(27)23-22-19(26)15-8-3-4-10-17(15)24-12-6-11-18(24)25/h3-4,8,10,13-14,16H,5-7,9,11-12H2,1-2H3,(H,22,26)(H2,21,23,27)/t13-,14+,16+/m0/s1. The number of para-hydroxylation sites is 1. The van der Waals surface area contributed by atoms with Crippen LogP contribution in [0.1, 0.15) is 56.3 Å². The maximum absolute atomic E-state index is 12.6. The molecule has 1 heterocycles. The summed E-state index contributed by atoms with van der Waals surface area (Å²) in [7, 11) is 0. The summed E-state index contributed by atoms with van der Waals surface area (Å²) in [6, 6.07) is 7.48. The van der Waals surface area contributed by atoms with E-state index >= 15 is 0 Å². The molecule has 0 bridgehead atoms. The molecule has 2 amide bonds. The van der Waals surface area contributed by atoms with Gasteiger partial charge in [0.15, 0.2) is 5.11 Å². The predicted octanol–water partition coefficient (Wildman–Crippen LogP) is 2.75. The molecule has 1 aliphatic heterocycles. The molecule has 1 aromatic carbocycles. The number of nitrogens with one attached hydrogen (secondary N) is 3. The van der Waals surface area contributed by atoms with E-state index in [1.165, 1.54) is 12.8 Å². The van der Waals surface area contributed by atoms with Crippen molar-refractivity contribution in [1.29, 1.82) is 0 Å². The zero-order chi connectivity index (χ0) is 19.4. The molecule has 1 saturated carbocycles. The Morgan fingerprint density at radius 3 is 2.67 bits per heavy atom. The molecule has 2 aliphatic rings. The van der Waals surface area contributed by atoms with Crippen LogP contribution in [0.5, 0.6) is 0 Å². The SMILES string of the molecule is C[C@@H]1[C@@H](C)CCC[C@H]1NC(=S)NNC(=O)c1ccccc1N1CCCC1=O. The van der Waals surface area contributed by atoms with Gasteiger partial charge in [0.25, 0.3) is 5.91 Å². The quantitative estimate of drug-likeness (QED) is 0.548. The first kappa shape index (κ1) is 19.6. The Labute approximate surface area is 166 Å². The van der Waals surface area contributed by atoms with Crippen molar-refractivity contribution in [2.75, 3.05) is 11.4 Å². The van der Waals surface area contributed by atoms with Gasteiger partial charge in [0.1, 0.15) is 0 Å². The Morgan fingerprint density at radius 2 is 1.93 bits per heavy atom. The highest BCUT2D eigenvalue weighted by molar-refractivity contribution is 7.80. The summed E-state index contributed by atoms with van der Waals surface area (Å²) in [6.07, 6.45) is 4.87. The van der Waals surface area contributed by atoms with Crippen LogP contribution in [-0.4, -0.2) is 29.5 Å². The minimum atomic E-state index is -0.306. The van der Waals surface area contributed by atoms with E-state index in [2.05, 4.69) is 30.0 Å². The van der Waals surface area contributed by atoms with Crippen LogP contribution in [0, 0.1) is 11.8 Å². The molecule has 0 unspecified atom stereocenters. The van der Waals surface area contributed by atoms with E-state index in [1.54, 1.807) is 23.1 Å². The molecule has 2 fully saturated rings. The second-order valence-corrected chi connectivity index (χ2v) is 8.00. The van der Waals surface area contributed by atoms with E-state index in [0.29, 0.717) is 47.2 Å². The Morgan fingerprint density at radius 1 is 1.15 bits per heavy atom. The normalized spacial score (nSPS) is 25.2. The number of carbonyl (C=O) groups excluding carboxylic acids is 2. The zero-order valence-electron chi connectivity index (χ0n) is 16.0. The van der Waals surface area contributed by atoms with Gasteiger partial charge in [-0.1, -0.05) is 38.8 Å². The van der Waals surface area contributed by atoms with Crippen LogP contribution in [0.15, 0.2) is 24.3 Å². The van der Waals surface area contributed by atoms with Crippen LogP contribution in [0.3, 0.4) is 0 Å². The second kappa shape index (κ2) is 8.69. The third kappa shape index (κ3) is 4.58. The van der Waals surface area contributed by atoms with Crippen molar-refractivity contribution >= 4 is 34.8 Å². The van der Waals surface area contributed by atoms with Crippen LogP contribution in [0.4, 0.5) is 5.69 Å². The number of nitrogens with zero attached hydrogens (tertiary/aromatic N) is 1. The molecule has 3 N–H and O–H groups in total. The number of thiocarbonyl (C=S) groups is 1. The van der Waals surface area contributed by atoms with E-state index in [9.17, 15) is 9.59 Å². The van der Waals surface area contributed by atoms with Gasteiger partial charge >= 0.3 is 0 Å². The van der Waals surface area contributed by atoms with Crippen LogP contribution in [-0.2, 0) is 4.79 Å². The summed E-state index contributed by atoms with van der Waals surface area (Å²) in [5, 5.41) is 3.74. The summed E-state index contributed by atoms with van der Waals surface area (Å²) in [6.45, 7) is 5.16. The van der Waals surface area contributed by atoms with Gasteiger partial charge in [0, 0.05) is 19.0 Å². The van der Waals surface area contributed by atoms with Gasteiger partial charge < -0.3 is 10.2 Å². The smallest absolute Gasteiger partial charge is 0.271 e. The lowest BCUT2D eigenvalue weighted by atomic mass is 9.78. The first-order valence-corrected chi connectivity index (χ1v) is 10.1. The Kier molecular flexibility index (Phi) is 6.31. The second-order valence-electron chi connectivity index (χ2n) is 7.59. The van der Waals surface area contributed by atoms with Crippen molar-refractivity contribution in [2.24, 2.45) is 11.8 Å². The fraction of sp³-hybridized carbons (Fsp3) is 0.550. The van der Waals surface area contributed by atoms with Crippen molar-refractivity contribution in [1.82, 2.24) is 16.2 Å². The summed E-state index contributed by atoms with van der Waals surface area (Å²) in [5.41, 5.74) is 6.58. The highest BCUT2D eigenvalue weighted by Crippen LogP contribution is 2.29. The van der Waals surface area contributed by atoms with E-state index in [4.69, 9.17) is 12.2 Å². The van der Waals surface area contributed by atoms with Crippen molar-refractivity contribution in [3.63, 3.8) is 0 Å². The molecule has 6 nitrogen and oxygen atoms in total. The summed E-state index contributed by atoms with van der Waals surface area (Å²) in [5.74, 6) is 0.954. The van der Waals surface area contributed by atoms with Gasteiger partial charge in [0.2, 0.25) is 5.91 Å². The minimum absolute atomic E-state index is 0.0563. The summed E-state index contributed by atoms with van der Waals surface area (Å²) < 4.78 is 0.